The summed E-state index contributed by atoms with van der Waals surface area (Å²) in [6.45, 7) is 4.86. The zero-order valence-electron chi connectivity index (χ0n) is 16.2. The summed E-state index contributed by atoms with van der Waals surface area (Å²) >= 11 is 0. The van der Waals surface area contributed by atoms with Gasteiger partial charge in [-0.05, 0) is 31.9 Å². The number of nitriles is 1. The molecule has 0 heterocycles. The maximum Gasteiger partial charge on any atom is 0.333 e. The molecule has 0 aromatic heterocycles. The number of carbonyl (C=O) groups is 2. The van der Waals surface area contributed by atoms with Crippen LogP contribution in [-0.2, 0) is 25.5 Å². The Labute approximate surface area is 163 Å². The molecule has 0 saturated carbocycles. The van der Waals surface area contributed by atoms with Gasteiger partial charge in [-0.1, -0.05) is 24.3 Å². The van der Waals surface area contributed by atoms with Gasteiger partial charge >= 0.3 is 11.9 Å². The number of methoxy groups -OCH3 is 1. The Balaban J connectivity index is 3.37. The normalized spacial score (nSPS) is 13.8. The van der Waals surface area contributed by atoms with Gasteiger partial charge in [0.15, 0.2) is 5.41 Å². The quantitative estimate of drug-likeness (QED) is 0.221. The van der Waals surface area contributed by atoms with Gasteiger partial charge in [0.2, 0.25) is 0 Å². The van der Waals surface area contributed by atoms with Crippen molar-refractivity contribution in [2.45, 2.75) is 27.2 Å². The van der Waals surface area contributed by atoms with E-state index >= 15 is 0 Å². The molecule has 1 atom stereocenters. The molecule has 1 rings (SSSR count). The highest BCUT2D eigenvalue weighted by Gasteiger charge is 2.42. The van der Waals surface area contributed by atoms with Crippen molar-refractivity contribution in [3.8, 4) is 6.07 Å². The molecule has 0 bridgehead atoms. The highest BCUT2D eigenvalue weighted by Crippen LogP contribution is 2.33. The fourth-order valence-corrected chi connectivity index (χ4v) is 2.46. The van der Waals surface area contributed by atoms with E-state index in [0.29, 0.717) is 16.7 Å². The fraction of sp³-hybridized carbons (Fsp3) is 0.350. The van der Waals surface area contributed by atoms with E-state index in [1.165, 1.54) is 43.5 Å². The van der Waals surface area contributed by atoms with E-state index in [9.17, 15) is 25.0 Å². The smallest absolute Gasteiger partial charge is 0.333 e. The molecule has 8 nitrogen and oxygen atoms in total. The lowest BCUT2D eigenvalue weighted by Crippen LogP contribution is -2.35. The van der Waals surface area contributed by atoms with Gasteiger partial charge in [0.25, 0.3) is 5.69 Å². The Kier molecular flexibility index (Phi) is 8.07. The molecule has 0 fully saturated rings. The molecule has 148 valence electrons. The Hall–Kier alpha value is -3.47. The topological polar surface area (TPSA) is 120 Å². The van der Waals surface area contributed by atoms with Crippen LogP contribution in [0.4, 0.5) is 5.69 Å². The van der Waals surface area contributed by atoms with Crippen LogP contribution in [0.5, 0.6) is 0 Å². The van der Waals surface area contributed by atoms with E-state index in [2.05, 4.69) is 4.74 Å². The Morgan fingerprint density at radius 1 is 1.25 bits per heavy atom. The van der Waals surface area contributed by atoms with Gasteiger partial charge in [0, 0.05) is 24.1 Å². The van der Waals surface area contributed by atoms with Crippen LogP contribution in [0.1, 0.15) is 26.3 Å². The van der Waals surface area contributed by atoms with E-state index < -0.39 is 22.3 Å². The molecule has 0 radical (unpaired) electrons. The van der Waals surface area contributed by atoms with Crippen LogP contribution >= 0.6 is 0 Å². The minimum atomic E-state index is -1.64. The summed E-state index contributed by atoms with van der Waals surface area (Å²) in [4.78, 5) is 34.5. The van der Waals surface area contributed by atoms with Crippen molar-refractivity contribution < 1.29 is 24.0 Å². The zero-order valence-corrected chi connectivity index (χ0v) is 16.2. The van der Waals surface area contributed by atoms with Crippen molar-refractivity contribution in [1.82, 2.24) is 0 Å². The van der Waals surface area contributed by atoms with Crippen molar-refractivity contribution >= 4 is 17.6 Å². The first-order valence-electron chi connectivity index (χ1n) is 8.47. The molecule has 0 aliphatic heterocycles. The van der Waals surface area contributed by atoms with E-state index in [1.807, 2.05) is 6.07 Å². The molecule has 0 aliphatic carbocycles. The number of nitro benzene ring substituents is 1. The van der Waals surface area contributed by atoms with Crippen LogP contribution in [0, 0.1) is 26.9 Å². The molecule has 1 unspecified atom stereocenters. The van der Waals surface area contributed by atoms with Gasteiger partial charge in [0.1, 0.15) is 0 Å². The molecule has 1 aromatic rings. The monoisotopic (exact) mass is 386 g/mol. The zero-order chi connectivity index (χ0) is 21.3. The summed E-state index contributed by atoms with van der Waals surface area (Å²) in [5, 5.41) is 20.7. The number of hydrogen-bond acceptors (Lipinski definition) is 7. The van der Waals surface area contributed by atoms with Gasteiger partial charge in [-0.25, -0.2) is 9.59 Å². The summed E-state index contributed by atoms with van der Waals surface area (Å²) in [5.74, 6) is -1.26. The SMILES string of the molecule is CCOC(=O)C(C#N)(Cc1ccc([N+](=O)[O-])cc1)/C(C)=C/C=C(/C)C(=O)OC. The molecular weight excluding hydrogens is 364 g/mol. The lowest BCUT2D eigenvalue weighted by Gasteiger charge is -2.25. The lowest BCUT2D eigenvalue weighted by atomic mass is 9.76. The number of carbonyl (C=O) groups excluding carboxylic acids is 2. The van der Waals surface area contributed by atoms with Gasteiger partial charge in [-0.2, -0.15) is 5.26 Å². The third-order valence-corrected chi connectivity index (χ3v) is 4.20. The number of esters is 2. The maximum atomic E-state index is 12.6. The summed E-state index contributed by atoms with van der Waals surface area (Å²) < 4.78 is 9.73. The first-order valence-corrected chi connectivity index (χ1v) is 8.47. The molecule has 0 saturated heterocycles. The van der Waals surface area contributed by atoms with Crippen molar-refractivity contribution in [2.24, 2.45) is 5.41 Å². The predicted octanol–water partition coefficient (Wildman–Crippen LogP) is 3.28. The number of nitro groups is 1. The second-order valence-electron chi connectivity index (χ2n) is 6.03. The van der Waals surface area contributed by atoms with Gasteiger partial charge in [0.05, 0.1) is 24.7 Å². The van der Waals surface area contributed by atoms with Crippen LogP contribution < -0.4 is 0 Å². The summed E-state index contributed by atoms with van der Waals surface area (Å²) in [6, 6.07) is 7.63. The molecule has 8 heteroatoms. The maximum absolute atomic E-state index is 12.6. The average molecular weight is 386 g/mol. The summed E-state index contributed by atoms with van der Waals surface area (Å²) in [5.41, 5.74) is -0.505. The minimum Gasteiger partial charge on any atom is -0.466 e. The van der Waals surface area contributed by atoms with Crippen LogP contribution in [0.2, 0.25) is 0 Å². The number of benzene rings is 1. The lowest BCUT2D eigenvalue weighted by molar-refractivity contribution is -0.384. The molecular formula is C20H22N2O6. The second-order valence-corrected chi connectivity index (χ2v) is 6.03. The van der Waals surface area contributed by atoms with E-state index in [0.717, 1.165) is 0 Å². The van der Waals surface area contributed by atoms with Crippen LogP contribution in [0.3, 0.4) is 0 Å². The van der Waals surface area contributed by atoms with Crippen LogP contribution in [0.25, 0.3) is 0 Å². The fourth-order valence-electron chi connectivity index (χ4n) is 2.46. The van der Waals surface area contributed by atoms with E-state index in [-0.39, 0.29) is 18.7 Å². The van der Waals surface area contributed by atoms with Crippen molar-refractivity contribution in [3.05, 3.63) is 63.2 Å². The van der Waals surface area contributed by atoms with E-state index in [1.54, 1.807) is 20.8 Å². The van der Waals surface area contributed by atoms with Gasteiger partial charge in [-0.3, -0.25) is 10.1 Å². The largest absolute Gasteiger partial charge is 0.466 e. The number of rotatable bonds is 8. The Morgan fingerprint density at radius 3 is 2.32 bits per heavy atom. The molecule has 1 aromatic carbocycles. The van der Waals surface area contributed by atoms with Crippen LogP contribution in [-0.4, -0.2) is 30.6 Å². The predicted molar refractivity (Wildman–Crippen MR) is 101 cm³/mol. The number of hydrogen-bond donors (Lipinski definition) is 0. The Morgan fingerprint density at radius 2 is 1.86 bits per heavy atom. The first-order chi connectivity index (χ1) is 13.2. The molecule has 0 amide bonds. The van der Waals surface area contributed by atoms with Crippen LogP contribution in [0.15, 0.2) is 47.6 Å². The molecule has 0 spiro atoms. The standard InChI is InChI=1S/C20H22N2O6/c1-5-28-19(24)20(13-21,15(3)7-6-14(2)18(23)27-4)12-16-8-10-17(11-9-16)22(25)26/h6-11H,5,12H2,1-4H3/b14-6-,15-7+. The molecule has 28 heavy (non-hydrogen) atoms. The third-order valence-electron chi connectivity index (χ3n) is 4.20. The average Bonchev–Trinajstić information content (AvgIpc) is 2.69. The van der Waals surface area contributed by atoms with Crippen molar-refractivity contribution in [1.29, 1.82) is 5.26 Å². The number of allylic oxidation sites excluding steroid dienone is 2. The molecule has 0 aliphatic rings. The van der Waals surface area contributed by atoms with Gasteiger partial charge < -0.3 is 9.47 Å². The number of non-ortho nitro benzene ring substituents is 1. The summed E-state index contributed by atoms with van der Waals surface area (Å²) in [6.07, 6.45) is 2.92. The van der Waals surface area contributed by atoms with Crippen molar-refractivity contribution in [3.63, 3.8) is 0 Å². The first kappa shape index (κ1) is 22.6. The molecule has 0 N–H and O–H groups in total. The number of nitrogens with zero attached hydrogens (tertiary/aromatic N) is 2. The minimum absolute atomic E-state index is 0.0340. The van der Waals surface area contributed by atoms with Gasteiger partial charge in [-0.15, -0.1) is 0 Å². The highest BCUT2D eigenvalue weighted by atomic mass is 16.6. The number of ether oxygens (including phenoxy) is 2. The Bertz CT molecular complexity index is 848. The highest BCUT2D eigenvalue weighted by molar-refractivity contribution is 5.88. The second kappa shape index (κ2) is 10.0. The summed E-state index contributed by atoms with van der Waals surface area (Å²) in [7, 11) is 1.25. The third kappa shape index (κ3) is 5.27. The van der Waals surface area contributed by atoms with Crippen molar-refractivity contribution in [2.75, 3.05) is 13.7 Å². The van der Waals surface area contributed by atoms with E-state index in [4.69, 9.17) is 4.74 Å².